The standard InChI is InChI=1S/C23H25N7O4/c1-32-19-6-4-15(23(28-19)33-2)22(31)27-18-12-24-29-20(18)21-25-16-5-3-14(11-17(16)26-21)13-30-7-9-34-10-8-30/h3-6,11-12H,7-10,13H2,1-2H3,(H,24,29)(H,25,26)(H,27,31). The number of H-pyrrole nitrogens is 2. The zero-order valence-corrected chi connectivity index (χ0v) is 18.9. The van der Waals surface area contributed by atoms with Gasteiger partial charge in [-0.3, -0.25) is 14.8 Å². The summed E-state index contributed by atoms with van der Waals surface area (Å²) < 4.78 is 15.8. The third-order valence-corrected chi connectivity index (χ3v) is 5.65. The first-order valence-corrected chi connectivity index (χ1v) is 10.9. The van der Waals surface area contributed by atoms with Crippen molar-refractivity contribution >= 4 is 22.6 Å². The molecule has 34 heavy (non-hydrogen) atoms. The van der Waals surface area contributed by atoms with Crippen molar-refractivity contribution in [2.75, 3.05) is 45.8 Å². The van der Waals surface area contributed by atoms with Gasteiger partial charge in [-0.15, -0.1) is 0 Å². The number of hydrogen-bond donors (Lipinski definition) is 3. The van der Waals surface area contributed by atoms with Crippen LogP contribution in [-0.2, 0) is 11.3 Å². The number of aromatic amines is 2. The number of methoxy groups -OCH3 is 2. The van der Waals surface area contributed by atoms with Crippen LogP contribution in [0.4, 0.5) is 5.69 Å². The van der Waals surface area contributed by atoms with Crippen LogP contribution in [-0.4, -0.2) is 76.5 Å². The molecule has 0 aliphatic carbocycles. The number of carbonyl (C=O) groups is 1. The summed E-state index contributed by atoms with van der Waals surface area (Å²) in [6.07, 6.45) is 1.60. The molecule has 0 saturated carbocycles. The molecule has 176 valence electrons. The molecule has 0 radical (unpaired) electrons. The number of benzene rings is 1. The SMILES string of the molecule is COc1ccc(C(=O)Nc2c[nH]nc2-c2nc3cc(CN4CCOCC4)ccc3[nH]2)c(OC)n1. The number of imidazole rings is 1. The fourth-order valence-electron chi connectivity index (χ4n) is 3.90. The van der Waals surface area contributed by atoms with E-state index in [2.05, 4.69) is 42.5 Å². The fourth-order valence-corrected chi connectivity index (χ4v) is 3.90. The lowest BCUT2D eigenvalue weighted by atomic mass is 10.2. The maximum absolute atomic E-state index is 12.9. The van der Waals surface area contributed by atoms with E-state index in [0.29, 0.717) is 23.1 Å². The smallest absolute Gasteiger partial charge is 0.261 e. The molecule has 3 aromatic heterocycles. The Kier molecular flexibility index (Phi) is 6.11. The van der Waals surface area contributed by atoms with Crippen molar-refractivity contribution in [2.45, 2.75) is 6.54 Å². The molecule has 0 spiro atoms. The van der Waals surface area contributed by atoms with Gasteiger partial charge in [0.2, 0.25) is 11.8 Å². The molecule has 5 rings (SSSR count). The van der Waals surface area contributed by atoms with Gasteiger partial charge in [0.1, 0.15) is 5.56 Å². The summed E-state index contributed by atoms with van der Waals surface area (Å²) in [6.45, 7) is 4.23. The van der Waals surface area contributed by atoms with Crippen LogP contribution < -0.4 is 14.8 Å². The maximum Gasteiger partial charge on any atom is 0.261 e. The topological polar surface area (TPSA) is 130 Å². The molecule has 0 bridgehead atoms. The average Bonchev–Trinajstić information content (AvgIpc) is 3.50. The van der Waals surface area contributed by atoms with Gasteiger partial charge in [-0.25, -0.2) is 4.98 Å². The quantitative estimate of drug-likeness (QED) is 0.381. The number of anilines is 1. The molecule has 1 aliphatic heterocycles. The summed E-state index contributed by atoms with van der Waals surface area (Å²) in [7, 11) is 2.95. The van der Waals surface area contributed by atoms with Crippen LogP contribution in [0.1, 0.15) is 15.9 Å². The van der Waals surface area contributed by atoms with Gasteiger partial charge < -0.3 is 24.5 Å². The highest BCUT2D eigenvalue weighted by Gasteiger charge is 2.20. The largest absolute Gasteiger partial charge is 0.481 e. The predicted molar refractivity (Wildman–Crippen MR) is 125 cm³/mol. The van der Waals surface area contributed by atoms with Crippen molar-refractivity contribution < 1.29 is 19.0 Å². The van der Waals surface area contributed by atoms with Crippen molar-refractivity contribution in [1.82, 2.24) is 30.0 Å². The number of ether oxygens (including phenoxy) is 3. The first-order chi connectivity index (χ1) is 16.6. The molecular weight excluding hydrogens is 438 g/mol. The second-order valence-corrected chi connectivity index (χ2v) is 7.84. The van der Waals surface area contributed by atoms with Crippen LogP contribution in [0.5, 0.6) is 11.8 Å². The Morgan fingerprint density at radius 3 is 2.79 bits per heavy atom. The van der Waals surface area contributed by atoms with Crippen LogP contribution in [0.2, 0.25) is 0 Å². The molecule has 0 atom stereocenters. The minimum absolute atomic E-state index is 0.165. The zero-order chi connectivity index (χ0) is 23.5. The van der Waals surface area contributed by atoms with Crippen LogP contribution in [0.15, 0.2) is 36.5 Å². The van der Waals surface area contributed by atoms with Gasteiger partial charge in [0.05, 0.1) is 44.2 Å². The van der Waals surface area contributed by atoms with E-state index in [-0.39, 0.29) is 11.4 Å². The van der Waals surface area contributed by atoms with Gasteiger partial charge in [-0.1, -0.05) is 6.07 Å². The normalized spacial score (nSPS) is 14.3. The fraction of sp³-hybridized carbons (Fsp3) is 0.304. The number of aromatic nitrogens is 5. The number of fused-ring (bicyclic) bond motifs is 1. The molecule has 1 fully saturated rings. The van der Waals surface area contributed by atoms with E-state index in [1.54, 1.807) is 18.3 Å². The Morgan fingerprint density at radius 2 is 2.00 bits per heavy atom. The summed E-state index contributed by atoms with van der Waals surface area (Å²) >= 11 is 0. The highest BCUT2D eigenvalue weighted by Crippen LogP contribution is 2.28. The minimum Gasteiger partial charge on any atom is -0.481 e. The zero-order valence-electron chi connectivity index (χ0n) is 18.9. The van der Waals surface area contributed by atoms with Gasteiger partial charge in [0.15, 0.2) is 11.5 Å². The number of morpholine rings is 1. The molecule has 0 unspecified atom stereocenters. The Hall–Kier alpha value is -3.96. The summed E-state index contributed by atoms with van der Waals surface area (Å²) in [4.78, 5) is 27.5. The van der Waals surface area contributed by atoms with E-state index in [1.165, 1.54) is 19.8 Å². The third kappa shape index (κ3) is 4.43. The number of rotatable bonds is 7. The second-order valence-electron chi connectivity index (χ2n) is 7.84. The molecular formula is C23H25N7O4. The molecule has 11 heteroatoms. The summed E-state index contributed by atoms with van der Waals surface area (Å²) in [6, 6.07) is 9.37. The van der Waals surface area contributed by atoms with Crippen LogP contribution in [0.25, 0.3) is 22.6 Å². The number of nitrogens with one attached hydrogen (secondary N) is 3. The molecule has 1 amide bonds. The molecule has 1 aromatic carbocycles. The number of amides is 1. The van der Waals surface area contributed by atoms with Gasteiger partial charge in [-0.2, -0.15) is 10.1 Å². The van der Waals surface area contributed by atoms with Gasteiger partial charge in [-0.05, 0) is 23.8 Å². The van der Waals surface area contributed by atoms with Gasteiger partial charge in [0.25, 0.3) is 5.91 Å². The molecule has 4 aromatic rings. The number of carbonyl (C=O) groups excluding carboxylic acids is 1. The number of nitrogens with zero attached hydrogens (tertiary/aromatic N) is 4. The van der Waals surface area contributed by atoms with E-state index in [9.17, 15) is 4.79 Å². The average molecular weight is 463 g/mol. The Labute approximate surface area is 195 Å². The molecule has 3 N–H and O–H groups in total. The predicted octanol–water partition coefficient (Wildman–Crippen LogP) is 2.45. The van der Waals surface area contributed by atoms with Crippen molar-refractivity contribution in [3.05, 3.63) is 47.7 Å². The van der Waals surface area contributed by atoms with E-state index in [1.807, 2.05) is 6.07 Å². The Balaban J connectivity index is 1.37. The second kappa shape index (κ2) is 9.49. The van der Waals surface area contributed by atoms with Crippen molar-refractivity contribution in [3.63, 3.8) is 0 Å². The Bertz CT molecular complexity index is 1310. The summed E-state index contributed by atoms with van der Waals surface area (Å²) in [5, 5.41) is 9.95. The van der Waals surface area contributed by atoms with Crippen LogP contribution >= 0.6 is 0 Å². The Morgan fingerprint density at radius 1 is 1.15 bits per heavy atom. The van der Waals surface area contributed by atoms with Gasteiger partial charge >= 0.3 is 0 Å². The first kappa shape index (κ1) is 21.9. The van der Waals surface area contributed by atoms with E-state index in [4.69, 9.17) is 19.2 Å². The lowest BCUT2D eigenvalue weighted by Gasteiger charge is -2.26. The van der Waals surface area contributed by atoms with Crippen LogP contribution in [0.3, 0.4) is 0 Å². The third-order valence-electron chi connectivity index (χ3n) is 5.65. The van der Waals surface area contributed by atoms with E-state index < -0.39 is 5.91 Å². The highest BCUT2D eigenvalue weighted by atomic mass is 16.5. The molecule has 1 saturated heterocycles. The number of hydrogen-bond acceptors (Lipinski definition) is 8. The lowest BCUT2D eigenvalue weighted by Crippen LogP contribution is -2.35. The maximum atomic E-state index is 12.9. The monoisotopic (exact) mass is 463 g/mol. The molecule has 4 heterocycles. The lowest BCUT2D eigenvalue weighted by molar-refractivity contribution is 0.0342. The van der Waals surface area contributed by atoms with E-state index in [0.717, 1.165) is 43.9 Å². The molecule has 1 aliphatic rings. The van der Waals surface area contributed by atoms with E-state index >= 15 is 0 Å². The molecule has 11 nitrogen and oxygen atoms in total. The highest BCUT2D eigenvalue weighted by molar-refractivity contribution is 6.07. The van der Waals surface area contributed by atoms with Crippen molar-refractivity contribution in [2.24, 2.45) is 0 Å². The minimum atomic E-state index is -0.390. The van der Waals surface area contributed by atoms with Gasteiger partial charge in [0, 0.05) is 31.9 Å². The summed E-state index contributed by atoms with van der Waals surface area (Å²) in [5.74, 6) is 0.680. The number of pyridine rings is 1. The summed E-state index contributed by atoms with van der Waals surface area (Å²) in [5.41, 5.74) is 4.16. The van der Waals surface area contributed by atoms with Crippen molar-refractivity contribution in [3.8, 4) is 23.3 Å². The van der Waals surface area contributed by atoms with Crippen LogP contribution in [0, 0.1) is 0 Å². The first-order valence-electron chi connectivity index (χ1n) is 10.9. The van der Waals surface area contributed by atoms with Crippen molar-refractivity contribution in [1.29, 1.82) is 0 Å².